The fourth-order valence-electron chi connectivity index (χ4n) is 15.2. The van der Waals surface area contributed by atoms with Gasteiger partial charge in [-0.2, -0.15) is 10.5 Å². The number of piperazine rings is 2. The molecule has 462 valence electrons. The van der Waals surface area contributed by atoms with E-state index >= 15 is 0 Å². The number of nitrogens with one attached hydrogen (secondary N) is 3. The number of phenols is 4. The van der Waals surface area contributed by atoms with Crippen LogP contribution in [0.25, 0.3) is 0 Å². The summed E-state index contributed by atoms with van der Waals surface area (Å²) in [7, 11) is 4.05. The Kier molecular flexibility index (Phi) is 21.0. The van der Waals surface area contributed by atoms with E-state index in [4.69, 9.17) is 24.7 Å². The van der Waals surface area contributed by atoms with Crippen molar-refractivity contribution in [1.29, 1.82) is 10.5 Å². The number of hydrogen-bond donors (Lipinski definition) is 8. The number of benzene rings is 4. The van der Waals surface area contributed by atoms with E-state index in [0.29, 0.717) is 77.4 Å². The number of carbonyl (C=O) groups is 2. The van der Waals surface area contributed by atoms with Crippen molar-refractivity contribution in [1.82, 2.24) is 35.6 Å². The number of hydrogen-bond acceptors (Lipinski definition) is 18. The number of fused-ring (bicyclic) bond motifs is 18. The molecule has 8 aliphatic heterocycles. The third-order valence-electron chi connectivity index (χ3n) is 20.6. The molecule has 8 aliphatic rings. The molecule has 4 aromatic rings. The first-order valence-corrected chi connectivity index (χ1v) is 29.7. The van der Waals surface area contributed by atoms with Gasteiger partial charge >= 0.3 is 0 Å². The first-order valence-electron chi connectivity index (χ1n) is 29.7. The largest absolute Gasteiger partial charge is 0.507 e. The molecule has 4 bridgehead atoms. The van der Waals surface area contributed by atoms with Gasteiger partial charge in [0.2, 0.25) is 25.4 Å². The van der Waals surface area contributed by atoms with Crippen LogP contribution in [0.3, 0.4) is 0 Å². The predicted molar refractivity (Wildman–Crippen MR) is 320 cm³/mol. The van der Waals surface area contributed by atoms with Gasteiger partial charge in [-0.05, 0) is 147 Å². The maximum absolute atomic E-state index is 13.5. The number of nitrogens with two attached hydrogens (primary N) is 1. The molecule has 2 saturated heterocycles. The van der Waals surface area contributed by atoms with Gasteiger partial charge < -0.3 is 61.1 Å². The molecule has 9 N–H and O–H groups in total. The molecule has 20 nitrogen and oxygen atoms in total. The molecule has 0 aromatic heterocycles. The third kappa shape index (κ3) is 11.3. The van der Waals surface area contributed by atoms with Crippen molar-refractivity contribution >= 4 is 11.8 Å². The normalized spacial score (nSPS) is 26.1. The summed E-state index contributed by atoms with van der Waals surface area (Å²) >= 11 is 0. The second kappa shape index (κ2) is 26.6. The number of aryl methyl sites for hydroxylation is 2. The number of ether oxygens (including phenoxy) is 4. The van der Waals surface area contributed by atoms with Crippen LogP contribution in [-0.2, 0) is 35.3 Å². The van der Waals surface area contributed by atoms with E-state index in [9.17, 15) is 40.5 Å². The molecule has 12 rings (SSSR count). The number of rotatable bonds is 10. The molecule has 0 aliphatic carbocycles. The minimum Gasteiger partial charge on any atom is -0.507 e. The van der Waals surface area contributed by atoms with E-state index in [2.05, 4.69) is 80.6 Å². The van der Waals surface area contributed by atoms with E-state index in [-0.39, 0.29) is 188 Å². The van der Waals surface area contributed by atoms with Crippen LogP contribution in [0.1, 0.15) is 144 Å². The van der Waals surface area contributed by atoms with Crippen molar-refractivity contribution in [3.05, 3.63) is 90.0 Å². The Bertz CT molecular complexity index is 3460. The zero-order valence-corrected chi connectivity index (χ0v) is 61.2. The van der Waals surface area contributed by atoms with Crippen LogP contribution in [0.2, 0.25) is 0 Å². The number of aromatic hydroxyl groups is 4. The maximum Gasteiger partial charge on any atom is 0.236 e. The molecule has 2 unspecified atom stereocenters. The van der Waals surface area contributed by atoms with Crippen LogP contribution in [0.5, 0.6) is 46.0 Å². The zero-order valence-electron chi connectivity index (χ0n) is 51.8. The van der Waals surface area contributed by atoms with Crippen LogP contribution >= 0.6 is 0 Å². The topological polar surface area (TPSA) is 275 Å². The molecule has 87 heavy (non-hydrogen) atoms. The molecule has 0 saturated carbocycles. The maximum atomic E-state index is 13.5. The first kappa shape index (κ1) is 68.7. The number of nitrogens with zero attached hydrogens (tertiary/aromatic N) is 6. The molecule has 2 radical (unpaired) electrons. The summed E-state index contributed by atoms with van der Waals surface area (Å²) in [5, 5.41) is 76.9. The quantitative estimate of drug-likeness (QED) is 0.0838. The van der Waals surface area contributed by atoms with E-state index < -0.39 is 36.3 Å². The molecule has 4 aromatic carbocycles. The van der Waals surface area contributed by atoms with Crippen molar-refractivity contribution in [2.75, 3.05) is 47.3 Å². The Hall–Kier alpha value is -4.16. The molecule has 13 atom stereocenters. The van der Waals surface area contributed by atoms with Gasteiger partial charge in [0.25, 0.3) is 0 Å². The van der Waals surface area contributed by atoms with Crippen LogP contribution in [0.4, 0.5) is 0 Å². The number of nitriles is 2. The summed E-state index contributed by atoms with van der Waals surface area (Å²) in [6, 6.07) is 5.17. The van der Waals surface area contributed by atoms with Crippen LogP contribution in [-0.4, -0.2) is 147 Å². The number of phenolic OH excluding ortho intramolecular Hbond substituents is 4. The molecule has 2 amide bonds. The summed E-state index contributed by atoms with van der Waals surface area (Å²) in [5.41, 5.74) is 17.7. The number of amides is 2. The Morgan fingerprint density at radius 1 is 0.598 bits per heavy atom. The van der Waals surface area contributed by atoms with Crippen molar-refractivity contribution < 1.29 is 137 Å². The molecule has 8 heterocycles. The van der Waals surface area contributed by atoms with Gasteiger partial charge in [0.15, 0.2) is 23.0 Å². The minimum atomic E-state index is -0.700. The average Bonchev–Trinajstić information content (AvgIpc) is 1.33. The standard InChI is InChI=1S/C35H47N5O5.C29H35N5O5.CH4.2Ac/c1-16(2)18(4)13-37-21(7)35(43)38-14-27-29-23(31(41)20(6)33-34(29)45-15-44-33)11-25-30-28-22(9-17(3)19(5)32(28)42)10-24(39(30)8)26(12-36)40(25)27;1-12-6-16-7-18-20(9-30)34-19(24(33(18)5)22(16)26(36)13(12)2)8-17-23(21(34)10-32-29(37)15(4)31)28-27(38-11-39-28)14(3)25(17)35;;;/h9,16,18,21,24-27,30,37,41-42H,10-11,13-15H2,1-8H3,(H,38,43);6,15,18-21,24,35-36H,7-8,10-11,31H2,1-5H3,(H,32,37);1H4;;/t18-,21+,24+,25?,26+,27+,30+;15-,18-,19?,20-,21-,24-;;;/m10.../s1. The van der Waals surface area contributed by atoms with Gasteiger partial charge in [0.1, 0.15) is 35.1 Å². The molecule has 2 fully saturated rings. The van der Waals surface area contributed by atoms with E-state index in [1.54, 1.807) is 13.8 Å². The summed E-state index contributed by atoms with van der Waals surface area (Å²) in [4.78, 5) is 34.9. The van der Waals surface area contributed by atoms with E-state index in [1.165, 1.54) is 0 Å². The van der Waals surface area contributed by atoms with Gasteiger partial charge in [0.05, 0.1) is 48.4 Å². The van der Waals surface area contributed by atoms with Crippen molar-refractivity contribution in [3.8, 4) is 58.1 Å². The van der Waals surface area contributed by atoms with Crippen molar-refractivity contribution in [2.45, 2.75) is 182 Å². The van der Waals surface area contributed by atoms with Gasteiger partial charge in [-0.1, -0.05) is 40.3 Å². The fourth-order valence-corrected chi connectivity index (χ4v) is 15.2. The van der Waals surface area contributed by atoms with Gasteiger partial charge in [-0.3, -0.25) is 29.2 Å². The molecule has 22 heteroatoms. The molecular formula is C65H86Ac2N10O10. The predicted octanol–water partition coefficient (Wildman–Crippen LogP) is 6.53. The minimum absolute atomic E-state index is 0. The van der Waals surface area contributed by atoms with E-state index in [0.717, 1.165) is 73.3 Å². The Morgan fingerprint density at radius 3 is 1.37 bits per heavy atom. The van der Waals surface area contributed by atoms with Gasteiger partial charge in [0, 0.05) is 170 Å². The summed E-state index contributed by atoms with van der Waals surface area (Å²) in [6.07, 6.45) is 2.11. The Labute approximate surface area is 583 Å². The SMILES string of the molecule is C.Cc1cc2c(c(O)c1C)[C@@H]1C3Cc4c(O)c(C)c5c(c4[C@H](CNC(=O)[C@H](C)N)N3[C@@H](C#N)[C@H](C2)N1C)OCO5.Cc1cc2c(c(O)c1C)[C@@H]1C3Cc4c(O)c(C)c5c(c4[C@H](CNC(=O)[C@H](C)NC[C@@H](C)C(C)C)N3[C@@H](C#N)[C@H](C2)N1C)OCO5.[Ac].[Ac]. The molecule has 0 spiro atoms. The van der Waals surface area contributed by atoms with Crippen molar-refractivity contribution in [3.63, 3.8) is 0 Å². The van der Waals surface area contributed by atoms with Gasteiger partial charge in [-0.25, -0.2) is 0 Å². The second-order valence-corrected chi connectivity index (χ2v) is 25.4. The summed E-state index contributed by atoms with van der Waals surface area (Å²) < 4.78 is 23.6. The number of likely N-dealkylation sites (N-methyl/N-ethyl adjacent to an activating group) is 2. The molecular weight excluding hydrogens is 1530 g/mol. The van der Waals surface area contributed by atoms with Crippen LogP contribution in [0, 0.1) is 164 Å². The third-order valence-corrected chi connectivity index (χ3v) is 20.6. The summed E-state index contributed by atoms with van der Waals surface area (Å²) in [6.45, 7) is 22.7. The monoisotopic (exact) mass is 1620 g/mol. The Balaban J connectivity index is 0.000000220. The smallest absolute Gasteiger partial charge is 0.236 e. The Morgan fingerprint density at radius 2 is 0.989 bits per heavy atom. The summed E-state index contributed by atoms with van der Waals surface area (Å²) in [5.74, 6) is 3.49. The van der Waals surface area contributed by atoms with Crippen molar-refractivity contribution in [2.24, 2.45) is 17.6 Å². The van der Waals surface area contributed by atoms with E-state index in [1.807, 2.05) is 55.6 Å². The second-order valence-electron chi connectivity index (χ2n) is 25.4. The van der Waals surface area contributed by atoms with Crippen LogP contribution < -0.4 is 40.6 Å². The average molecular weight is 1620 g/mol. The van der Waals surface area contributed by atoms with Gasteiger partial charge in [-0.15, -0.1) is 0 Å². The van der Waals surface area contributed by atoms with Crippen LogP contribution in [0.15, 0.2) is 12.1 Å². The first-order chi connectivity index (χ1) is 39.9. The zero-order chi connectivity index (χ0) is 60.4. The number of carbonyl (C=O) groups excluding carboxylic acids is 2. The fraction of sp³-hybridized carbons (Fsp3) is 0.569.